The molecule has 1 aromatic heterocycles. The fraction of sp³-hybridized carbons (Fsp3) is 0.538. The first-order valence-corrected chi connectivity index (χ1v) is 5.79. The average molecular weight is 219 g/mol. The van der Waals surface area contributed by atoms with Crippen molar-refractivity contribution in [3.8, 4) is 0 Å². The summed E-state index contributed by atoms with van der Waals surface area (Å²) in [5.74, 6) is -0.0588. The van der Waals surface area contributed by atoms with Crippen LogP contribution in [0.3, 0.4) is 0 Å². The molecule has 16 heavy (non-hydrogen) atoms. The van der Waals surface area contributed by atoms with E-state index in [2.05, 4.69) is 11.9 Å². The van der Waals surface area contributed by atoms with Gasteiger partial charge >= 0.3 is 5.97 Å². The fourth-order valence-corrected chi connectivity index (χ4v) is 2.53. The Morgan fingerprint density at radius 1 is 1.50 bits per heavy atom. The maximum absolute atomic E-state index is 11.6. The molecular weight excluding hydrogens is 202 g/mol. The molecule has 0 radical (unpaired) electrons. The molecule has 1 heterocycles. The number of aromatic nitrogens is 1. The monoisotopic (exact) mass is 219 g/mol. The van der Waals surface area contributed by atoms with Crippen LogP contribution in [0.1, 0.15) is 38.2 Å². The Hall–Kier alpha value is -1.38. The average Bonchev–Trinajstić information content (AvgIpc) is 2.31. The summed E-state index contributed by atoms with van der Waals surface area (Å²) >= 11 is 0. The number of hydrogen-bond donors (Lipinski definition) is 1. The van der Waals surface area contributed by atoms with Gasteiger partial charge in [0.2, 0.25) is 0 Å². The van der Waals surface area contributed by atoms with E-state index in [-0.39, 0.29) is 0 Å². The minimum atomic E-state index is -0.701. The van der Waals surface area contributed by atoms with E-state index < -0.39 is 11.4 Å². The van der Waals surface area contributed by atoms with E-state index in [4.69, 9.17) is 0 Å². The first-order valence-electron chi connectivity index (χ1n) is 5.79. The highest BCUT2D eigenvalue weighted by molar-refractivity contribution is 5.81. The molecule has 0 amide bonds. The van der Waals surface area contributed by atoms with E-state index in [0.717, 1.165) is 31.2 Å². The van der Waals surface area contributed by atoms with Gasteiger partial charge in [-0.15, -0.1) is 0 Å². The molecule has 0 spiro atoms. The summed E-state index contributed by atoms with van der Waals surface area (Å²) in [6.45, 7) is 2.19. The summed E-state index contributed by atoms with van der Waals surface area (Å²) in [4.78, 5) is 15.6. The number of nitrogens with zero attached hydrogens (tertiary/aromatic N) is 1. The van der Waals surface area contributed by atoms with Crippen LogP contribution in [0.2, 0.25) is 0 Å². The van der Waals surface area contributed by atoms with Crippen LogP contribution in [0.15, 0.2) is 24.5 Å². The van der Waals surface area contributed by atoms with E-state index in [0.29, 0.717) is 5.92 Å². The zero-order chi connectivity index (χ0) is 11.6. The number of rotatable bonds is 2. The summed E-state index contributed by atoms with van der Waals surface area (Å²) in [6, 6.07) is 3.70. The quantitative estimate of drug-likeness (QED) is 0.831. The van der Waals surface area contributed by atoms with Gasteiger partial charge < -0.3 is 5.11 Å². The summed E-state index contributed by atoms with van der Waals surface area (Å²) < 4.78 is 0. The number of carbonyl (C=O) groups is 1. The van der Waals surface area contributed by atoms with E-state index in [9.17, 15) is 9.90 Å². The summed E-state index contributed by atoms with van der Waals surface area (Å²) in [7, 11) is 0. The third kappa shape index (κ3) is 1.82. The van der Waals surface area contributed by atoms with Crippen LogP contribution in [0, 0.1) is 5.92 Å². The van der Waals surface area contributed by atoms with Crippen LogP contribution in [-0.4, -0.2) is 16.1 Å². The summed E-state index contributed by atoms with van der Waals surface area (Å²) in [5, 5.41) is 9.50. The lowest BCUT2D eigenvalue weighted by molar-refractivity contribution is -0.145. The molecule has 2 rings (SSSR count). The van der Waals surface area contributed by atoms with Crippen molar-refractivity contribution in [1.82, 2.24) is 4.98 Å². The second-order valence-electron chi connectivity index (χ2n) is 4.81. The van der Waals surface area contributed by atoms with E-state index in [1.54, 1.807) is 12.4 Å². The van der Waals surface area contributed by atoms with Crippen molar-refractivity contribution in [3.05, 3.63) is 30.1 Å². The Kier molecular flexibility index (Phi) is 2.95. The third-order valence-corrected chi connectivity index (χ3v) is 3.75. The Balaban J connectivity index is 2.34. The Labute approximate surface area is 95.5 Å². The second kappa shape index (κ2) is 4.24. The normalized spacial score (nSPS) is 29.9. The van der Waals surface area contributed by atoms with Gasteiger partial charge in [0.15, 0.2) is 0 Å². The standard InChI is InChI=1S/C13H17NO2/c1-10-4-6-13(7-5-10,12(15)16)11-3-2-8-14-9-11/h2-3,8-10H,4-7H2,1H3,(H,15,16). The first kappa shape index (κ1) is 11.1. The third-order valence-electron chi connectivity index (χ3n) is 3.75. The smallest absolute Gasteiger partial charge is 0.314 e. The van der Waals surface area contributed by atoms with Crippen molar-refractivity contribution in [2.75, 3.05) is 0 Å². The van der Waals surface area contributed by atoms with Gasteiger partial charge in [-0.25, -0.2) is 0 Å². The zero-order valence-corrected chi connectivity index (χ0v) is 9.52. The van der Waals surface area contributed by atoms with Gasteiger partial charge in [0.05, 0.1) is 5.41 Å². The maximum atomic E-state index is 11.6. The van der Waals surface area contributed by atoms with Crippen LogP contribution in [0.25, 0.3) is 0 Å². The molecule has 86 valence electrons. The van der Waals surface area contributed by atoms with Crippen molar-refractivity contribution >= 4 is 5.97 Å². The van der Waals surface area contributed by atoms with E-state index >= 15 is 0 Å². The fourth-order valence-electron chi connectivity index (χ4n) is 2.53. The maximum Gasteiger partial charge on any atom is 0.314 e. The number of pyridine rings is 1. The molecule has 0 aliphatic heterocycles. The molecule has 1 aromatic rings. The number of aliphatic carboxylic acids is 1. The highest BCUT2D eigenvalue weighted by atomic mass is 16.4. The molecular formula is C13H17NO2. The summed E-state index contributed by atoms with van der Waals surface area (Å²) in [6.07, 6.45) is 6.82. The lowest BCUT2D eigenvalue weighted by atomic mass is 9.67. The Bertz CT molecular complexity index is 367. The van der Waals surface area contributed by atoms with E-state index in [1.807, 2.05) is 12.1 Å². The van der Waals surface area contributed by atoms with Gasteiger partial charge in [-0.05, 0) is 43.2 Å². The van der Waals surface area contributed by atoms with Gasteiger partial charge in [-0.3, -0.25) is 9.78 Å². The zero-order valence-electron chi connectivity index (χ0n) is 9.52. The molecule has 0 unspecified atom stereocenters. The second-order valence-corrected chi connectivity index (χ2v) is 4.81. The van der Waals surface area contributed by atoms with Gasteiger partial charge in [0, 0.05) is 12.4 Å². The Morgan fingerprint density at radius 3 is 2.69 bits per heavy atom. The van der Waals surface area contributed by atoms with Crippen LogP contribution < -0.4 is 0 Å². The number of hydrogen-bond acceptors (Lipinski definition) is 2. The predicted octanol–water partition coefficient (Wildman–Crippen LogP) is 2.61. The molecule has 0 atom stereocenters. The molecule has 1 aliphatic rings. The van der Waals surface area contributed by atoms with Crippen LogP contribution >= 0.6 is 0 Å². The highest BCUT2D eigenvalue weighted by Crippen LogP contribution is 2.41. The lowest BCUT2D eigenvalue weighted by Gasteiger charge is -2.35. The van der Waals surface area contributed by atoms with Crippen molar-refractivity contribution < 1.29 is 9.90 Å². The minimum absolute atomic E-state index is 0.643. The molecule has 0 saturated heterocycles. The van der Waals surface area contributed by atoms with Gasteiger partial charge in [0.25, 0.3) is 0 Å². The summed E-state index contributed by atoms with van der Waals surface area (Å²) in [5.41, 5.74) is 0.162. The van der Waals surface area contributed by atoms with Crippen molar-refractivity contribution in [2.24, 2.45) is 5.92 Å². The molecule has 0 aromatic carbocycles. The van der Waals surface area contributed by atoms with Crippen LogP contribution in [-0.2, 0) is 10.2 Å². The van der Waals surface area contributed by atoms with Gasteiger partial charge in [0.1, 0.15) is 0 Å². The van der Waals surface area contributed by atoms with Crippen LogP contribution in [0.5, 0.6) is 0 Å². The van der Waals surface area contributed by atoms with Gasteiger partial charge in [-0.2, -0.15) is 0 Å². The largest absolute Gasteiger partial charge is 0.481 e. The first-order chi connectivity index (χ1) is 7.65. The van der Waals surface area contributed by atoms with E-state index in [1.165, 1.54) is 0 Å². The van der Waals surface area contributed by atoms with Crippen molar-refractivity contribution in [3.63, 3.8) is 0 Å². The Morgan fingerprint density at radius 2 is 2.19 bits per heavy atom. The van der Waals surface area contributed by atoms with Gasteiger partial charge in [-0.1, -0.05) is 13.0 Å². The van der Waals surface area contributed by atoms with Crippen molar-refractivity contribution in [2.45, 2.75) is 38.0 Å². The topological polar surface area (TPSA) is 50.2 Å². The molecule has 3 nitrogen and oxygen atoms in total. The number of carboxylic acid groups (broad SMARTS) is 1. The lowest BCUT2D eigenvalue weighted by Crippen LogP contribution is -2.39. The predicted molar refractivity (Wildman–Crippen MR) is 61.2 cm³/mol. The molecule has 3 heteroatoms. The molecule has 1 aliphatic carbocycles. The molecule has 0 bridgehead atoms. The molecule has 1 N–H and O–H groups in total. The molecule has 1 fully saturated rings. The minimum Gasteiger partial charge on any atom is -0.481 e. The molecule has 1 saturated carbocycles. The number of carboxylic acids is 1. The SMILES string of the molecule is CC1CCC(C(=O)O)(c2cccnc2)CC1. The highest BCUT2D eigenvalue weighted by Gasteiger charge is 2.42. The van der Waals surface area contributed by atoms with Crippen LogP contribution in [0.4, 0.5) is 0 Å². The van der Waals surface area contributed by atoms with Crippen molar-refractivity contribution in [1.29, 1.82) is 0 Å².